The maximum absolute atomic E-state index is 13.7. The SMILES string of the molecule is NC(N)=NC(N)=Nc1ccc(-c2ccc(F)cc2F)cc1. The quantitative estimate of drug-likeness (QED) is 0.580. The molecule has 7 heteroatoms. The van der Waals surface area contributed by atoms with Crippen LogP contribution in [0.3, 0.4) is 0 Å². The molecule has 0 aliphatic carbocycles. The second-order valence-electron chi connectivity index (χ2n) is 4.18. The summed E-state index contributed by atoms with van der Waals surface area (Å²) in [6, 6.07) is 9.91. The maximum Gasteiger partial charge on any atom is 0.223 e. The average molecular weight is 289 g/mol. The lowest BCUT2D eigenvalue weighted by molar-refractivity contribution is 0.585. The molecule has 0 aliphatic rings. The molecule has 0 atom stereocenters. The summed E-state index contributed by atoms with van der Waals surface area (Å²) in [6.45, 7) is 0. The van der Waals surface area contributed by atoms with Crippen LogP contribution in [-0.4, -0.2) is 11.9 Å². The van der Waals surface area contributed by atoms with Gasteiger partial charge in [-0.3, -0.25) is 0 Å². The molecular formula is C14H13F2N5. The van der Waals surface area contributed by atoms with Gasteiger partial charge >= 0.3 is 0 Å². The predicted molar refractivity (Wildman–Crippen MR) is 78.9 cm³/mol. The molecule has 0 radical (unpaired) electrons. The molecule has 0 fully saturated rings. The maximum atomic E-state index is 13.7. The van der Waals surface area contributed by atoms with Gasteiger partial charge in [0.2, 0.25) is 5.96 Å². The molecule has 0 saturated heterocycles. The van der Waals surface area contributed by atoms with Crippen LogP contribution in [0.5, 0.6) is 0 Å². The van der Waals surface area contributed by atoms with Crippen molar-refractivity contribution in [1.29, 1.82) is 0 Å². The third kappa shape index (κ3) is 3.75. The molecule has 0 bridgehead atoms. The summed E-state index contributed by atoms with van der Waals surface area (Å²) in [6.07, 6.45) is 0. The van der Waals surface area contributed by atoms with Crippen LogP contribution in [0, 0.1) is 11.6 Å². The number of rotatable bonds is 2. The summed E-state index contributed by atoms with van der Waals surface area (Å²) >= 11 is 0. The normalized spacial score (nSPS) is 11.2. The molecule has 2 aromatic carbocycles. The summed E-state index contributed by atoms with van der Waals surface area (Å²) in [5.74, 6) is -1.54. The van der Waals surface area contributed by atoms with E-state index in [1.807, 2.05) is 0 Å². The van der Waals surface area contributed by atoms with Crippen LogP contribution in [0.2, 0.25) is 0 Å². The van der Waals surface area contributed by atoms with Crippen molar-refractivity contribution in [3.8, 4) is 11.1 Å². The van der Waals surface area contributed by atoms with Crippen molar-refractivity contribution in [2.45, 2.75) is 0 Å². The first-order valence-electron chi connectivity index (χ1n) is 5.95. The van der Waals surface area contributed by atoms with E-state index in [0.717, 1.165) is 6.07 Å². The zero-order valence-corrected chi connectivity index (χ0v) is 10.9. The summed E-state index contributed by atoms with van der Waals surface area (Å²) in [7, 11) is 0. The lowest BCUT2D eigenvalue weighted by Crippen LogP contribution is -2.26. The third-order valence-electron chi connectivity index (χ3n) is 2.60. The Morgan fingerprint density at radius 1 is 0.905 bits per heavy atom. The van der Waals surface area contributed by atoms with Crippen molar-refractivity contribution in [3.63, 3.8) is 0 Å². The number of guanidine groups is 2. The molecule has 21 heavy (non-hydrogen) atoms. The molecule has 0 aromatic heterocycles. The first kappa shape index (κ1) is 14.4. The van der Waals surface area contributed by atoms with Gasteiger partial charge in [-0.05, 0) is 29.8 Å². The van der Waals surface area contributed by atoms with E-state index in [0.29, 0.717) is 16.8 Å². The Morgan fingerprint density at radius 3 is 2.14 bits per heavy atom. The zero-order chi connectivity index (χ0) is 15.4. The summed E-state index contributed by atoms with van der Waals surface area (Å²) in [5.41, 5.74) is 17.2. The lowest BCUT2D eigenvalue weighted by atomic mass is 10.0. The Balaban J connectivity index is 2.29. The predicted octanol–water partition coefficient (Wildman–Crippen LogP) is 1.85. The van der Waals surface area contributed by atoms with Crippen LogP contribution < -0.4 is 17.2 Å². The van der Waals surface area contributed by atoms with Gasteiger partial charge in [-0.25, -0.2) is 13.8 Å². The molecule has 0 amide bonds. The van der Waals surface area contributed by atoms with Crippen LogP contribution in [0.4, 0.5) is 14.5 Å². The number of benzene rings is 2. The van der Waals surface area contributed by atoms with Gasteiger partial charge < -0.3 is 17.2 Å². The van der Waals surface area contributed by atoms with Gasteiger partial charge in [0.05, 0.1) is 5.69 Å². The lowest BCUT2D eigenvalue weighted by Gasteiger charge is -2.04. The van der Waals surface area contributed by atoms with Gasteiger partial charge in [0, 0.05) is 11.6 Å². The van der Waals surface area contributed by atoms with E-state index in [2.05, 4.69) is 9.98 Å². The Kier molecular flexibility index (Phi) is 4.13. The van der Waals surface area contributed by atoms with E-state index >= 15 is 0 Å². The fraction of sp³-hybridized carbons (Fsp3) is 0. The second kappa shape index (κ2) is 6.00. The Morgan fingerprint density at radius 2 is 1.57 bits per heavy atom. The molecule has 0 unspecified atom stereocenters. The first-order chi connectivity index (χ1) is 9.95. The zero-order valence-electron chi connectivity index (χ0n) is 10.9. The minimum absolute atomic E-state index is 0.0873. The van der Waals surface area contributed by atoms with Crippen LogP contribution >= 0.6 is 0 Å². The monoisotopic (exact) mass is 289 g/mol. The van der Waals surface area contributed by atoms with Gasteiger partial charge in [-0.15, -0.1) is 0 Å². The first-order valence-corrected chi connectivity index (χ1v) is 5.95. The average Bonchev–Trinajstić information content (AvgIpc) is 2.39. The summed E-state index contributed by atoms with van der Waals surface area (Å²) < 4.78 is 26.5. The second-order valence-corrected chi connectivity index (χ2v) is 4.18. The smallest absolute Gasteiger partial charge is 0.223 e. The molecule has 108 valence electrons. The third-order valence-corrected chi connectivity index (χ3v) is 2.60. The molecule has 5 nitrogen and oxygen atoms in total. The molecule has 0 aliphatic heterocycles. The largest absolute Gasteiger partial charge is 0.370 e. The summed E-state index contributed by atoms with van der Waals surface area (Å²) in [5, 5.41) is 0. The minimum Gasteiger partial charge on any atom is -0.370 e. The van der Waals surface area contributed by atoms with Crippen LogP contribution in [0.25, 0.3) is 11.1 Å². The van der Waals surface area contributed by atoms with E-state index < -0.39 is 11.6 Å². The fourth-order valence-electron chi connectivity index (χ4n) is 1.73. The molecule has 2 aromatic rings. The minimum atomic E-state index is -0.633. The van der Waals surface area contributed by atoms with E-state index in [-0.39, 0.29) is 11.9 Å². The van der Waals surface area contributed by atoms with E-state index in [1.54, 1.807) is 24.3 Å². The van der Waals surface area contributed by atoms with Crippen LogP contribution in [-0.2, 0) is 0 Å². The Bertz CT molecular complexity index is 704. The van der Waals surface area contributed by atoms with Crippen molar-refractivity contribution in [2.75, 3.05) is 0 Å². The number of nitrogens with zero attached hydrogens (tertiary/aromatic N) is 2. The van der Waals surface area contributed by atoms with Crippen molar-refractivity contribution in [2.24, 2.45) is 27.2 Å². The van der Waals surface area contributed by atoms with Gasteiger partial charge in [-0.2, -0.15) is 4.99 Å². The van der Waals surface area contributed by atoms with Gasteiger partial charge in [0.15, 0.2) is 5.96 Å². The standard InChI is InChI=1S/C14H13F2N5/c15-9-3-6-11(12(16)7-9)8-1-4-10(5-2-8)20-14(19)21-13(17)18/h1-7H,(H6,17,18,19,20,21). The number of halogens is 2. The number of hydrogen-bond donors (Lipinski definition) is 3. The summed E-state index contributed by atoms with van der Waals surface area (Å²) in [4.78, 5) is 7.54. The molecular weight excluding hydrogens is 276 g/mol. The van der Waals surface area contributed by atoms with E-state index in [1.165, 1.54) is 12.1 Å². The molecule has 0 heterocycles. The van der Waals surface area contributed by atoms with Crippen molar-refractivity contribution < 1.29 is 8.78 Å². The highest BCUT2D eigenvalue weighted by molar-refractivity contribution is 5.93. The van der Waals surface area contributed by atoms with Crippen LogP contribution in [0.1, 0.15) is 0 Å². The number of aliphatic imine (C=N–C) groups is 2. The van der Waals surface area contributed by atoms with Gasteiger partial charge in [0.25, 0.3) is 0 Å². The molecule has 0 spiro atoms. The molecule has 2 rings (SSSR count). The Labute approximate surface area is 119 Å². The Hall–Kier alpha value is -2.96. The van der Waals surface area contributed by atoms with E-state index in [9.17, 15) is 8.78 Å². The molecule has 0 saturated carbocycles. The highest BCUT2D eigenvalue weighted by atomic mass is 19.1. The number of nitrogens with two attached hydrogens (primary N) is 3. The van der Waals surface area contributed by atoms with Crippen LogP contribution in [0.15, 0.2) is 52.4 Å². The fourth-order valence-corrected chi connectivity index (χ4v) is 1.73. The van der Waals surface area contributed by atoms with Crippen molar-refractivity contribution >= 4 is 17.6 Å². The highest BCUT2D eigenvalue weighted by Gasteiger charge is 2.06. The van der Waals surface area contributed by atoms with Gasteiger partial charge in [0.1, 0.15) is 11.6 Å². The molecule has 6 N–H and O–H groups in total. The van der Waals surface area contributed by atoms with Crippen molar-refractivity contribution in [1.82, 2.24) is 0 Å². The topological polar surface area (TPSA) is 103 Å². The van der Waals surface area contributed by atoms with Crippen molar-refractivity contribution in [3.05, 3.63) is 54.1 Å². The van der Waals surface area contributed by atoms with E-state index in [4.69, 9.17) is 17.2 Å². The number of hydrogen-bond acceptors (Lipinski definition) is 1. The highest BCUT2D eigenvalue weighted by Crippen LogP contribution is 2.25. The van der Waals surface area contributed by atoms with Gasteiger partial charge in [-0.1, -0.05) is 12.1 Å².